The summed E-state index contributed by atoms with van der Waals surface area (Å²) < 4.78 is 1.74. The van der Waals surface area contributed by atoms with Gasteiger partial charge in [-0.05, 0) is 62.1 Å². The molecule has 3 N–H and O–H groups in total. The summed E-state index contributed by atoms with van der Waals surface area (Å²) in [6.07, 6.45) is 0. The van der Waals surface area contributed by atoms with Crippen LogP contribution in [0.15, 0.2) is 41.2 Å². The molecule has 2 aromatic carbocycles. The minimum absolute atomic E-state index is 0.0289. The molecule has 1 amide bonds. The molecular weight excluding hydrogens is 376 g/mol. The summed E-state index contributed by atoms with van der Waals surface area (Å²) in [6, 6.07) is 11.2. The van der Waals surface area contributed by atoms with E-state index in [0.29, 0.717) is 5.56 Å². The summed E-state index contributed by atoms with van der Waals surface area (Å²) in [4.78, 5) is 31.7. The van der Waals surface area contributed by atoms with Crippen LogP contribution in [-0.4, -0.2) is 20.4 Å². The number of aromatic nitrogens is 3. The number of nitrogens with one attached hydrogen (secondary N) is 3. The number of H-pyrrole nitrogens is 2. The number of carbonyl (C=O) groups is 1. The van der Waals surface area contributed by atoms with E-state index in [-0.39, 0.29) is 23.1 Å². The minimum Gasteiger partial charge on any atom is -0.358 e. The Kier molecular flexibility index (Phi) is 4.60. The van der Waals surface area contributed by atoms with Crippen molar-refractivity contribution in [1.82, 2.24) is 14.5 Å². The predicted molar refractivity (Wildman–Crippen MR) is 122 cm³/mol. The molecule has 4 rings (SSSR count). The van der Waals surface area contributed by atoms with Crippen LogP contribution in [0.5, 0.6) is 0 Å². The predicted octanol–water partition coefficient (Wildman–Crippen LogP) is 5.29. The molecule has 0 aliphatic heterocycles. The maximum absolute atomic E-state index is 12.9. The summed E-state index contributed by atoms with van der Waals surface area (Å²) in [6.45, 7) is 12.4. The van der Waals surface area contributed by atoms with E-state index in [4.69, 9.17) is 0 Å². The summed E-state index contributed by atoms with van der Waals surface area (Å²) in [5.41, 5.74) is 5.78. The zero-order valence-corrected chi connectivity index (χ0v) is 18.3. The number of aryl methyl sites for hydroxylation is 2. The first-order valence-corrected chi connectivity index (χ1v) is 10.2. The third-order valence-electron chi connectivity index (χ3n) is 6.19. The Hall–Kier alpha value is -3.28. The van der Waals surface area contributed by atoms with Gasteiger partial charge in [-0.25, -0.2) is 4.79 Å². The van der Waals surface area contributed by atoms with Crippen molar-refractivity contribution in [2.75, 3.05) is 5.32 Å². The lowest BCUT2D eigenvalue weighted by Gasteiger charge is -2.28. The number of anilines is 1. The van der Waals surface area contributed by atoms with Crippen LogP contribution in [0.1, 0.15) is 55.4 Å². The van der Waals surface area contributed by atoms with Gasteiger partial charge in [0, 0.05) is 33.9 Å². The molecular formula is C24H28N4O2. The Labute approximate surface area is 175 Å². The first-order valence-electron chi connectivity index (χ1n) is 10.2. The van der Waals surface area contributed by atoms with E-state index in [0.717, 1.165) is 33.3 Å². The second-order valence-electron chi connectivity index (χ2n) is 9.16. The first-order chi connectivity index (χ1) is 14.1. The maximum Gasteiger partial charge on any atom is 0.326 e. The third-order valence-corrected chi connectivity index (χ3v) is 6.19. The van der Waals surface area contributed by atoms with Crippen LogP contribution in [0.2, 0.25) is 0 Å². The van der Waals surface area contributed by atoms with E-state index in [1.807, 2.05) is 32.0 Å². The molecule has 2 aromatic heterocycles. The number of amides is 1. The van der Waals surface area contributed by atoms with E-state index in [1.54, 1.807) is 22.8 Å². The van der Waals surface area contributed by atoms with Gasteiger partial charge in [-0.2, -0.15) is 0 Å². The summed E-state index contributed by atoms with van der Waals surface area (Å²) in [5, 5.41) is 4.13. The highest BCUT2D eigenvalue weighted by atomic mass is 16.2. The van der Waals surface area contributed by atoms with Crippen molar-refractivity contribution in [1.29, 1.82) is 0 Å². The molecule has 0 unspecified atom stereocenters. The highest BCUT2D eigenvalue weighted by Crippen LogP contribution is 2.31. The number of benzene rings is 2. The van der Waals surface area contributed by atoms with Crippen LogP contribution in [0.25, 0.3) is 21.9 Å². The number of carbonyl (C=O) groups excluding carboxylic acids is 1. The highest BCUT2D eigenvalue weighted by Gasteiger charge is 2.25. The number of fused-ring (bicyclic) bond motifs is 2. The Bertz CT molecular complexity index is 1330. The molecule has 4 aromatic rings. The van der Waals surface area contributed by atoms with Crippen LogP contribution in [0.3, 0.4) is 0 Å². The van der Waals surface area contributed by atoms with Gasteiger partial charge in [0.2, 0.25) is 0 Å². The Morgan fingerprint density at radius 1 is 1.03 bits per heavy atom. The molecule has 1 atom stereocenters. The van der Waals surface area contributed by atoms with Gasteiger partial charge >= 0.3 is 5.69 Å². The van der Waals surface area contributed by atoms with E-state index in [9.17, 15) is 9.59 Å². The number of aromatic amines is 2. The van der Waals surface area contributed by atoms with Gasteiger partial charge in [-0.1, -0.05) is 26.8 Å². The third kappa shape index (κ3) is 3.32. The minimum atomic E-state index is -0.208. The summed E-state index contributed by atoms with van der Waals surface area (Å²) in [7, 11) is 0. The quantitative estimate of drug-likeness (QED) is 0.434. The molecule has 0 bridgehead atoms. The fraction of sp³-hybridized carbons (Fsp3) is 0.333. The average Bonchev–Trinajstić information content (AvgIpc) is 3.14. The molecule has 0 aliphatic carbocycles. The van der Waals surface area contributed by atoms with Gasteiger partial charge in [0.25, 0.3) is 5.91 Å². The Balaban J connectivity index is 1.69. The van der Waals surface area contributed by atoms with Crippen LogP contribution in [-0.2, 0) is 0 Å². The monoisotopic (exact) mass is 404 g/mol. The lowest BCUT2D eigenvalue weighted by Crippen LogP contribution is -2.29. The lowest BCUT2D eigenvalue weighted by atomic mass is 9.88. The van der Waals surface area contributed by atoms with E-state index in [2.05, 4.69) is 43.0 Å². The van der Waals surface area contributed by atoms with Crippen LogP contribution in [0.4, 0.5) is 5.69 Å². The number of imidazole rings is 1. The molecule has 30 heavy (non-hydrogen) atoms. The number of hydrogen-bond donors (Lipinski definition) is 3. The van der Waals surface area contributed by atoms with E-state index >= 15 is 0 Å². The smallest absolute Gasteiger partial charge is 0.326 e. The zero-order chi connectivity index (χ0) is 21.8. The second-order valence-corrected chi connectivity index (χ2v) is 9.16. The van der Waals surface area contributed by atoms with Gasteiger partial charge in [0.1, 0.15) is 0 Å². The average molecular weight is 405 g/mol. The van der Waals surface area contributed by atoms with Crippen LogP contribution < -0.4 is 11.0 Å². The molecule has 0 spiro atoms. The van der Waals surface area contributed by atoms with Crippen LogP contribution >= 0.6 is 0 Å². The van der Waals surface area contributed by atoms with Crippen LogP contribution in [0, 0.1) is 19.3 Å². The van der Waals surface area contributed by atoms with E-state index < -0.39 is 0 Å². The zero-order valence-electron chi connectivity index (χ0n) is 18.3. The summed E-state index contributed by atoms with van der Waals surface area (Å²) in [5.74, 6) is -0.208. The standard InChI is InChI=1S/C24H28N4O2/c1-13-14(2)25-20-12-17(8-9-18(13)20)26-22(29)16-7-10-19-21(11-16)28(23(30)27-19)15(3)24(4,5)6/h7-12,15,25H,1-6H3,(H,26,29)(H,27,30)/t15-/m1/s1. The molecule has 6 nitrogen and oxygen atoms in total. The van der Waals surface area contributed by atoms with Gasteiger partial charge < -0.3 is 15.3 Å². The first kappa shape index (κ1) is 20.0. The number of hydrogen-bond acceptors (Lipinski definition) is 2. The number of rotatable bonds is 3. The molecule has 6 heteroatoms. The summed E-state index contributed by atoms with van der Waals surface area (Å²) >= 11 is 0. The van der Waals surface area contributed by atoms with Gasteiger partial charge in [-0.15, -0.1) is 0 Å². The van der Waals surface area contributed by atoms with Gasteiger partial charge in [0.15, 0.2) is 0 Å². The van der Waals surface area contributed by atoms with Crippen molar-refractivity contribution in [3.63, 3.8) is 0 Å². The van der Waals surface area contributed by atoms with E-state index in [1.165, 1.54) is 5.56 Å². The van der Waals surface area contributed by atoms with Crippen molar-refractivity contribution in [3.8, 4) is 0 Å². The SMILES string of the molecule is Cc1[nH]c2cc(NC(=O)c3ccc4[nH]c(=O)n([C@H](C)C(C)(C)C)c4c3)ccc2c1C. The largest absolute Gasteiger partial charge is 0.358 e. The molecule has 0 saturated carbocycles. The van der Waals surface area contributed by atoms with Crippen molar-refractivity contribution < 1.29 is 4.79 Å². The highest BCUT2D eigenvalue weighted by molar-refractivity contribution is 6.06. The van der Waals surface area contributed by atoms with Gasteiger partial charge in [-0.3, -0.25) is 9.36 Å². The van der Waals surface area contributed by atoms with Gasteiger partial charge in [0.05, 0.1) is 11.0 Å². The molecule has 0 aliphatic rings. The molecule has 2 heterocycles. The maximum atomic E-state index is 12.9. The normalized spacial score (nSPS) is 13.1. The molecule has 0 saturated heterocycles. The van der Waals surface area contributed by atoms with Crippen molar-refractivity contribution >= 4 is 33.5 Å². The Morgan fingerprint density at radius 2 is 1.77 bits per heavy atom. The van der Waals surface area contributed by atoms with Crippen molar-refractivity contribution in [2.45, 2.75) is 47.6 Å². The van der Waals surface area contributed by atoms with Crippen molar-refractivity contribution in [2.24, 2.45) is 5.41 Å². The number of nitrogens with zero attached hydrogens (tertiary/aromatic N) is 1. The Morgan fingerprint density at radius 3 is 2.47 bits per heavy atom. The fourth-order valence-electron chi connectivity index (χ4n) is 3.79. The molecule has 0 fully saturated rings. The lowest BCUT2D eigenvalue weighted by molar-refractivity contribution is 0.102. The fourth-order valence-corrected chi connectivity index (χ4v) is 3.79. The second kappa shape index (κ2) is 6.90. The van der Waals surface area contributed by atoms with Crippen molar-refractivity contribution in [3.05, 3.63) is 63.7 Å². The molecule has 156 valence electrons. The molecule has 0 radical (unpaired) electrons. The topological polar surface area (TPSA) is 82.7 Å².